The van der Waals surface area contributed by atoms with Crippen LogP contribution in [0, 0.1) is 0 Å². The van der Waals surface area contributed by atoms with E-state index < -0.39 is 0 Å². The second-order valence-corrected chi connectivity index (χ2v) is 10.9. The molecule has 3 heterocycles. The number of hydrogen-bond donors (Lipinski definition) is 0. The van der Waals surface area contributed by atoms with Gasteiger partial charge in [-0.3, -0.25) is 0 Å². The molecule has 9 aromatic rings. The predicted molar refractivity (Wildman–Crippen MR) is 176 cm³/mol. The van der Waals surface area contributed by atoms with Crippen LogP contribution in [0.1, 0.15) is 0 Å². The quantitative estimate of drug-likeness (QED) is 0.212. The van der Waals surface area contributed by atoms with Gasteiger partial charge in [0.25, 0.3) is 0 Å². The highest BCUT2D eigenvalue weighted by Gasteiger charge is 2.15. The number of para-hydroxylation sites is 5. The lowest BCUT2D eigenvalue weighted by molar-refractivity contribution is 0.620. The van der Waals surface area contributed by atoms with Crippen LogP contribution < -0.4 is 0 Å². The minimum atomic E-state index is 0.597. The molecule has 6 aromatic carbocycles. The van der Waals surface area contributed by atoms with Crippen molar-refractivity contribution >= 4 is 44.1 Å². The van der Waals surface area contributed by atoms with Gasteiger partial charge in [0.05, 0.1) is 22.4 Å². The smallest absolute Gasteiger partial charge is 0.227 e. The van der Waals surface area contributed by atoms with Crippen LogP contribution >= 0.6 is 0 Å². The fourth-order valence-corrected chi connectivity index (χ4v) is 5.90. The number of oxazole rings is 1. The first-order valence-electron chi connectivity index (χ1n) is 14.5. The van der Waals surface area contributed by atoms with E-state index in [1.165, 1.54) is 0 Å². The van der Waals surface area contributed by atoms with Crippen molar-refractivity contribution in [1.82, 2.24) is 15.0 Å². The predicted octanol–water partition coefficient (Wildman–Crippen LogP) is 10.3. The molecule has 0 amide bonds. The third kappa shape index (κ3) is 4.06. The molecule has 206 valence electrons. The van der Waals surface area contributed by atoms with Crippen LogP contribution in [0.25, 0.3) is 89.2 Å². The van der Waals surface area contributed by atoms with E-state index in [0.29, 0.717) is 5.89 Å². The van der Waals surface area contributed by atoms with E-state index in [0.717, 1.165) is 83.3 Å². The number of rotatable bonds is 4. The Morgan fingerprint density at radius 3 is 1.55 bits per heavy atom. The fraction of sp³-hybridized carbons (Fsp3) is 0. The molecule has 0 aliphatic heterocycles. The third-order valence-corrected chi connectivity index (χ3v) is 8.14. The lowest BCUT2D eigenvalue weighted by Crippen LogP contribution is -1.95. The van der Waals surface area contributed by atoms with Crippen LogP contribution in [0.2, 0.25) is 0 Å². The molecule has 0 bridgehead atoms. The number of furan rings is 1. The Labute approximate surface area is 252 Å². The average Bonchev–Trinajstić information content (AvgIpc) is 3.69. The number of benzene rings is 6. The van der Waals surface area contributed by atoms with Crippen molar-refractivity contribution in [2.75, 3.05) is 0 Å². The first-order chi connectivity index (χ1) is 21.8. The maximum absolute atomic E-state index is 6.03. The molecule has 0 aliphatic carbocycles. The van der Waals surface area contributed by atoms with E-state index in [1.54, 1.807) is 0 Å². The van der Waals surface area contributed by atoms with E-state index in [9.17, 15) is 0 Å². The van der Waals surface area contributed by atoms with Crippen LogP contribution in [0.3, 0.4) is 0 Å². The number of hydrogen-bond acceptors (Lipinski definition) is 5. The van der Waals surface area contributed by atoms with Crippen LogP contribution in [0.15, 0.2) is 148 Å². The minimum absolute atomic E-state index is 0.597. The summed E-state index contributed by atoms with van der Waals surface area (Å²) in [7, 11) is 0. The van der Waals surface area contributed by atoms with Gasteiger partial charge in [-0.2, -0.15) is 0 Å². The van der Waals surface area contributed by atoms with Gasteiger partial charge in [0.15, 0.2) is 5.58 Å². The van der Waals surface area contributed by atoms with E-state index in [1.807, 2.05) is 78.9 Å². The van der Waals surface area contributed by atoms with Crippen molar-refractivity contribution in [1.29, 1.82) is 0 Å². The molecule has 9 rings (SSSR count). The molecule has 0 unspecified atom stereocenters. The molecular formula is C39H23N3O2. The van der Waals surface area contributed by atoms with E-state index >= 15 is 0 Å². The summed E-state index contributed by atoms with van der Waals surface area (Å²) in [5.41, 5.74) is 11.9. The Bertz CT molecular complexity index is 2460. The summed E-state index contributed by atoms with van der Waals surface area (Å²) in [6, 6.07) is 47.0. The zero-order valence-corrected chi connectivity index (χ0v) is 23.4. The van der Waals surface area contributed by atoms with Gasteiger partial charge in [0.2, 0.25) is 5.89 Å². The molecule has 5 nitrogen and oxygen atoms in total. The standard InChI is InChI=1S/C39H23N3O2/c1-5-11-34-29(7-1)30-23-28(21-22-35(30)43-34)24-13-15-25(16-14-24)37-38(41-32-9-3-2-8-31(32)40-37)26-17-19-27(20-18-26)39-42-33-10-4-6-12-36(33)44-39/h1-23H. The molecule has 3 aromatic heterocycles. The Morgan fingerprint density at radius 1 is 0.341 bits per heavy atom. The molecule has 0 atom stereocenters. The Balaban J connectivity index is 1.11. The molecule has 0 spiro atoms. The summed E-state index contributed by atoms with van der Waals surface area (Å²) >= 11 is 0. The molecule has 0 fully saturated rings. The average molecular weight is 566 g/mol. The molecular weight excluding hydrogens is 542 g/mol. The van der Waals surface area contributed by atoms with Gasteiger partial charge in [0, 0.05) is 27.5 Å². The maximum atomic E-state index is 6.03. The summed E-state index contributed by atoms with van der Waals surface area (Å²) in [5, 5.41) is 2.24. The number of nitrogens with zero attached hydrogens (tertiary/aromatic N) is 3. The largest absolute Gasteiger partial charge is 0.456 e. The van der Waals surface area contributed by atoms with Gasteiger partial charge in [-0.25, -0.2) is 15.0 Å². The monoisotopic (exact) mass is 565 g/mol. The molecule has 44 heavy (non-hydrogen) atoms. The van der Waals surface area contributed by atoms with Crippen molar-refractivity contribution < 1.29 is 8.83 Å². The zero-order chi connectivity index (χ0) is 29.0. The molecule has 0 saturated carbocycles. The van der Waals surface area contributed by atoms with Gasteiger partial charge >= 0.3 is 0 Å². The van der Waals surface area contributed by atoms with E-state index in [2.05, 4.69) is 65.6 Å². The van der Waals surface area contributed by atoms with Gasteiger partial charge in [0.1, 0.15) is 16.7 Å². The molecule has 0 radical (unpaired) electrons. The van der Waals surface area contributed by atoms with Crippen molar-refractivity contribution in [3.8, 4) is 45.1 Å². The molecule has 0 N–H and O–H groups in total. The maximum Gasteiger partial charge on any atom is 0.227 e. The van der Waals surface area contributed by atoms with Crippen LogP contribution in [0.4, 0.5) is 0 Å². The Morgan fingerprint density at radius 2 is 0.864 bits per heavy atom. The molecule has 0 aliphatic rings. The highest BCUT2D eigenvalue weighted by atomic mass is 16.3. The summed E-state index contributed by atoms with van der Waals surface area (Å²) < 4.78 is 12.0. The van der Waals surface area contributed by atoms with Gasteiger partial charge in [-0.05, 0) is 65.7 Å². The lowest BCUT2D eigenvalue weighted by Gasteiger charge is -2.12. The van der Waals surface area contributed by atoms with Gasteiger partial charge < -0.3 is 8.83 Å². The van der Waals surface area contributed by atoms with Gasteiger partial charge in [-0.1, -0.05) is 84.9 Å². The molecule has 5 heteroatoms. The highest BCUT2D eigenvalue weighted by molar-refractivity contribution is 6.06. The lowest BCUT2D eigenvalue weighted by atomic mass is 9.98. The second kappa shape index (κ2) is 9.75. The second-order valence-electron chi connectivity index (χ2n) is 10.9. The third-order valence-electron chi connectivity index (χ3n) is 8.14. The van der Waals surface area contributed by atoms with Crippen LogP contribution in [-0.2, 0) is 0 Å². The van der Waals surface area contributed by atoms with Crippen LogP contribution in [-0.4, -0.2) is 15.0 Å². The first-order valence-corrected chi connectivity index (χ1v) is 14.5. The van der Waals surface area contributed by atoms with Crippen molar-refractivity contribution in [3.63, 3.8) is 0 Å². The van der Waals surface area contributed by atoms with Gasteiger partial charge in [-0.15, -0.1) is 0 Å². The summed E-state index contributed by atoms with van der Waals surface area (Å²) in [4.78, 5) is 14.8. The highest BCUT2D eigenvalue weighted by Crippen LogP contribution is 2.36. The normalized spacial score (nSPS) is 11.6. The minimum Gasteiger partial charge on any atom is -0.456 e. The SMILES string of the molecule is c1ccc2nc(-c3ccc(-c4nc5ccccc5o4)cc3)c(-c3ccc(-c4ccc5oc6ccccc6c5c4)cc3)nc2c1. The van der Waals surface area contributed by atoms with Crippen molar-refractivity contribution in [3.05, 3.63) is 140 Å². The van der Waals surface area contributed by atoms with Crippen molar-refractivity contribution in [2.45, 2.75) is 0 Å². The number of fused-ring (bicyclic) bond motifs is 5. The Hall–Kier alpha value is -6.07. The summed E-state index contributed by atoms with van der Waals surface area (Å²) in [6.07, 6.45) is 0. The summed E-state index contributed by atoms with van der Waals surface area (Å²) in [6.45, 7) is 0. The fourth-order valence-electron chi connectivity index (χ4n) is 5.90. The topological polar surface area (TPSA) is 65.0 Å². The zero-order valence-electron chi connectivity index (χ0n) is 23.4. The molecule has 0 saturated heterocycles. The van der Waals surface area contributed by atoms with Crippen molar-refractivity contribution in [2.24, 2.45) is 0 Å². The van der Waals surface area contributed by atoms with Crippen LogP contribution in [0.5, 0.6) is 0 Å². The number of aromatic nitrogens is 3. The summed E-state index contributed by atoms with van der Waals surface area (Å²) in [5.74, 6) is 0.597. The Kier molecular flexibility index (Phi) is 5.43. The van der Waals surface area contributed by atoms with E-state index in [-0.39, 0.29) is 0 Å². The van der Waals surface area contributed by atoms with E-state index in [4.69, 9.17) is 18.8 Å². The first kappa shape index (κ1) is 24.5.